The van der Waals surface area contributed by atoms with Gasteiger partial charge in [0.2, 0.25) is 0 Å². The van der Waals surface area contributed by atoms with Gasteiger partial charge in [0, 0.05) is 5.69 Å². The molecule has 1 aromatic rings. The van der Waals surface area contributed by atoms with Crippen LogP contribution in [0.1, 0.15) is 0 Å². The Bertz CT molecular complexity index is 381. The van der Waals surface area contributed by atoms with Crippen molar-refractivity contribution in [2.75, 3.05) is 5.32 Å². The molecule has 1 aromatic carbocycles. The number of nitrogens with one attached hydrogen (secondary N) is 1. The van der Waals surface area contributed by atoms with E-state index in [0.29, 0.717) is 12.1 Å². The summed E-state index contributed by atoms with van der Waals surface area (Å²) in [4.78, 5) is -1.91. The van der Waals surface area contributed by atoms with Crippen LogP contribution in [-0.2, 0) is 0 Å². The lowest BCUT2D eigenvalue weighted by molar-refractivity contribution is 0.364. The zero-order chi connectivity index (χ0) is 11.8. The Morgan fingerprint density at radius 1 is 1.00 bits per heavy atom. The standard InChI is InChI=1S/C7H6F5NS2/c8-15(9,10,11,12)7-3-1-6(2-4-7)13-5-14/h1-5H,(H,13,14). The minimum Gasteiger partial charge on any atom is -0.353 e. The lowest BCUT2D eigenvalue weighted by atomic mass is 10.3. The van der Waals surface area contributed by atoms with Crippen LogP contribution in [0.5, 0.6) is 0 Å². The van der Waals surface area contributed by atoms with Gasteiger partial charge < -0.3 is 5.32 Å². The molecule has 0 aromatic heterocycles. The maximum absolute atomic E-state index is 12.2. The lowest BCUT2D eigenvalue weighted by Gasteiger charge is -2.40. The third-order valence-electron chi connectivity index (χ3n) is 1.53. The molecule has 0 saturated carbocycles. The molecule has 1 nitrogen and oxygen atoms in total. The SMILES string of the molecule is FS(F)(F)(F)(F)c1ccc(NC=S)cc1. The first-order valence-electron chi connectivity index (χ1n) is 3.57. The van der Waals surface area contributed by atoms with Crippen LogP contribution in [0.2, 0.25) is 0 Å². The number of hydrogen-bond donors (Lipinski definition) is 1. The number of thiocarbonyl (C=S) groups is 1. The van der Waals surface area contributed by atoms with Crippen LogP contribution in [0.15, 0.2) is 29.2 Å². The smallest absolute Gasteiger partial charge is 0.310 e. The van der Waals surface area contributed by atoms with Crippen LogP contribution in [-0.4, -0.2) is 5.49 Å². The van der Waals surface area contributed by atoms with E-state index in [0.717, 1.165) is 17.6 Å². The Labute approximate surface area is 88.0 Å². The fourth-order valence-electron chi connectivity index (χ4n) is 0.876. The molecule has 0 fully saturated rings. The van der Waals surface area contributed by atoms with Crippen molar-refractivity contribution < 1.29 is 19.4 Å². The van der Waals surface area contributed by atoms with Crippen molar-refractivity contribution in [3.05, 3.63) is 24.3 Å². The quantitative estimate of drug-likeness (QED) is 0.626. The molecule has 0 saturated heterocycles. The number of halogens is 5. The molecule has 1 N–H and O–H groups in total. The van der Waals surface area contributed by atoms with Crippen molar-refractivity contribution in [3.63, 3.8) is 0 Å². The van der Waals surface area contributed by atoms with Gasteiger partial charge in [0.25, 0.3) is 0 Å². The van der Waals surface area contributed by atoms with Crippen LogP contribution in [0, 0.1) is 0 Å². The first kappa shape index (κ1) is 12.2. The molecule has 0 heterocycles. The van der Waals surface area contributed by atoms with Gasteiger partial charge in [0.15, 0.2) is 0 Å². The number of anilines is 1. The van der Waals surface area contributed by atoms with Crippen molar-refractivity contribution in [3.8, 4) is 0 Å². The van der Waals surface area contributed by atoms with Crippen LogP contribution < -0.4 is 5.32 Å². The largest absolute Gasteiger partial charge is 0.353 e. The van der Waals surface area contributed by atoms with Gasteiger partial charge in [0.1, 0.15) is 4.90 Å². The molecule has 15 heavy (non-hydrogen) atoms. The molecule has 0 unspecified atom stereocenters. The Kier molecular flexibility index (Phi) is 2.29. The molecule has 8 heteroatoms. The Morgan fingerprint density at radius 2 is 1.47 bits per heavy atom. The summed E-state index contributed by atoms with van der Waals surface area (Å²) in [6.45, 7) is 0. The van der Waals surface area contributed by atoms with Gasteiger partial charge in [-0.25, -0.2) is 0 Å². The number of hydrogen-bond acceptors (Lipinski definition) is 1. The third kappa shape index (κ3) is 3.31. The average Bonchev–Trinajstić information content (AvgIpc) is 2.01. The van der Waals surface area contributed by atoms with E-state index in [2.05, 4.69) is 17.5 Å². The minimum absolute atomic E-state index is 0.218. The van der Waals surface area contributed by atoms with Gasteiger partial charge in [-0.1, -0.05) is 31.6 Å². The summed E-state index contributed by atoms with van der Waals surface area (Å²) in [6.07, 6.45) is 0. The summed E-state index contributed by atoms with van der Waals surface area (Å²) < 4.78 is 61.1. The summed E-state index contributed by atoms with van der Waals surface area (Å²) in [6, 6.07) is 2.41. The normalized spacial score (nSPS) is 16.3. The van der Waals surface area contributed by atoms with Crippen LogP contribution >= 0.6 is 22.4 Å². The van der Waals surface area contributed by atoms with Crippen molar-refractivity contribution in [2.24, 2.45) is 0 Å². The maximum atomic E-state index is 12.2. The van der Waals surface area contributed by atoms with Crippen molar-refractivity contribution in [1.82, 2.24) is 0 Å². The van der Waals surface area contributed by atoms with E-state index in [1.165, 1.54) is 0 Å². The van der Waals surface area contributed by atoms with E-state index < -0.39 is 15.1 Å². The molecule has 0 bridgehead atoms. The molecule has 0 radical (unpaired) electrons. The van der Waals surface area contributed by atoms with Gasteiger partial charge in [-0.2, -0.15) is 0 Å². The van der Waals surface area contributed by atoms with Crippen molar-refractivity contribution in [2.45, 2.75) is 4.90 Å². The average molecular weight is 263 g/mol. The zero-order valence-corrected chi connectivity index (χ0v) is 8.73. The number of benzene rings is 1. The van der Waals surface area contributed by atoms with E-state index >= 15 is 0 Å². The Hall–Kier alpha value is -0.890. The molecule has 0 amide bonds. The summed E-state index contributed by atoms with van der Waals surface area (Å²) in [5.74, 6) is 0. The molecular weight excluding hydrogens is 257 g/mol. The molecule has 86 valence electrons. The summed E-state index contributed by atoms with van der Waals surface area (Å²) in [7, 11) is -9.54. The summed E-state index contributed by atoms with van der Waals surface area (Å²) >= 11 is 4.38. The van der Waals surface area contributed by atoms with Gasteiger partial charge in [-0.3, -0.25) is 0 Å². The van der Waals surface area contributed by atoms with Gasteiger partial charge in [-0.05, 0) is 24.3 Å². The minimum atomic E-state index is -9.54. The molecule has 0 spiro atoms. The first-order chi connectivity index (χ1) is 6.53. The fraction of sp³-hybridized carbons (Fsp3) is 0. The van der Waals surface area contributed by atoms with E-state index in [4.69, 9.17) is 0 Å². The second-order valence-corrected chi connectivity index (χ2v) is 5.40. The maximum Gasteiger partial charge on any atom is 0.310 e. The molecule has 0 aliphatic heterocycles. The van der Waals surface area contributed by atoms with Crippen molar-refractivity contribution in [1.29, 1.82) is 0 Å². The van der Waals surface area contributed by atoms with Gasteiger partial charge >= 0.3 is 10.2 Å². The predicted octanol–water partition coefficient (Wildman–Crippen LogP) is 4.71. The highest BCUT2D eigenvalue weighted by molar-refractivity contribution is 8.45. The molecule has 0 aliphatic carbocycles. The van der Waals surface area contributed by atoms with Gasteiger partial charge in [-0.15, -0.1) is 0 Å². The molecule has 0 aliphatic rings. The monoisotopic (exact) mass is 263 g/mol. The lowest BCUT2D eigenvalue weighted by Crippen LogP contribution is -2.05. The van der Waals surface area contributed by atoms with Crippen molar-refractivity contribution >= 4 is 33.6 Å². The van der Waals surface area contributed by atoms with E-state index in [9.17, 15) is 19.4 Å². The summed E-state index contributed by atoms with van der Waals surface area (Å²) in [5.41, 5.74) is 1.28. The zero-order valence-electron chi connectivity index (χ0n) is 7.09. The second kappa shape index (κ2) is 2.82. The first-order valence-corrected chi connectivity index (χ1v) is 5.99. The fourth-order valence-corrected chi connectivity index (χ4v) is 1.66. The van der Waals surface area contributed by atoms with Crippen LogP contribution in [0.3, 0.4) is 0 Å². The van der Waals surface area contributed by atoms with Crippen LogP contribution in [0.25, 0.3) is 0 Å². The molecule has 1 rings (SSSR count). The van der Waals surface area contributed by atoms with E-state index in [1.807, 2.05) is 0 Å². The Morgan fingerprint density at radius 3 is 1.80 bits per heavy atom. The highest BCUT2D eigenvalue weighted by Crippen LogP contribution is 3.02. The van der Waals surface area contributed by atoms with Gasteiger partial charge in [0.05, 0.1) is 5.49 Å². The van der Waals surface area contributed by atoms with E-state index in [-0.39, 0.29) is 5.69 Å². The molecule has 0 atom stereocenters. The highest BCUT2D eigenvalue weighted by atomic mass is 32.5. The van der Waals surface area contributed by atoms with E-state index in [1.54, 1.807) is 0 Å². The summed E-state index contributed by atoms with van der Waals surface area (Å²) in [5, 5.41) is 2.40. The highest BCUT2D eigenvalue weighted by Gasteiger charge is 2.65. The number of rotatable bonds is 3. The third-order valence-corrected chi connectivity index (χ3v) is 2.81. The van der Waals surface area contributed by atoms with Crippen LogP contribution in [0.4, 0.5) is 25.1 Å². The Balaban J connectivity index is 3.16. The topological polar surface area (TPSA) is 12.0 Å². The predicted molar refractivity (Wildman–Crippen MR) is 55.1 cm³/mol. The second-order valence-electron chi connectivity index (χ2n) is 2.76. The molecular formula is C7H6F5NS2.